The van der Waals surface area contributed by atoms with Crippen molar-refractivity contribution in [3.05, 3.63) is 0 Å². The van der Waals surface area contributed by atoms with Crippen LogP contribution < -0.4 is 9.59 Å². The van der Waals surface area contributed by atoms with Crippen LogP contribution in [0.3, 0.4) is 0 Å². The minimum absolute atomic E-state index is 0. The van der Waals surface area contributed by atoms with Gasteiger partial charge >= 0.3 is 17.1 Å². The largest absolute Gasteiger partial charge is 2.00 e. The summed E-state index contributed by atoms with van der Waals surface area (Å²) in [7, 11) is -3.63. The predicted molar refractivity (Wildman–Crippen MR) is 6.44 cm³/mol. The average molecular weight is 131 g/mol. The molecule has 1 radical (unpaired) electrons. The summed E-state index contributed by atoms with van der Waals surface area (Å²) in [5.41, 5.74) is 0. The Bertz CT molecular complexity index is 29.9. The predicted octanol–water partition coefficient (Wildman–Crippen LogP) is -2.88. The van der Waals surface area contributed by atoms with Gasteiger partial charge in [-0.3, -0.25) is 0 Å². The Kier molecular flexibility index (Phi) is 7.39. The molecular weight excluding hydrogens is 131 g/mol. The fraction of sp³-hybridized carbons (Fsp3) is 0. The first-order valence-electron chi connectivity index (χ1n) is 0.612. The molecule has 0 rings (SSSR count). The second-order valence-corrected chi connectivity index (χ2v) is 0.750. The summed E-state index contributed by atoms with van der Waals surface area (Å²) in [6.07, 6.45) is 0. The van der Waals surface area contributed by atoms with Crippen LogP contribution in [0.15, 0.2) is 0 Å². The van der Waals surface area contributed by atoms with Crippen LogP contribution in [-0.4, -0.2) is 9.17 Å². The molecule has 0 N–H and O–H groups in total. The zero-order chi connectivity index (χ0) is 3.58. The fourth-order valence-corrected chi connectivity index (χ4v) is 0. The van der Waals surface area contributed by atoms with Crippen LogP contribution in [-0.2, 0) is 21.5 Å². The third-order valence-corrected chi connectivity index (χ3v) is 0. The molecule has 0 aromatic carbocycles. The van der Waals surface area contributed by atoms with Crippen molar-refractivity contribution in [1.29, 1.82) is 0 Å². The van der Waals surface area contributed by atoms with Gasteiger partial charge in [0.25, 0.3) is 0 Å². The maximum absolute atomic E-state index is 8.52. The maximum atomic E-state index is 8.52. The second-order valence-electron chi connectivity index (χ2n) is 0.250. The summed E-state index contributed by atoms with van der Waals surface area (Å²) in [4.78, 5) is 17.0. The first-order valence-corrected chi connectivity index (χ1v) is 1.84. The van der Waals surface area contributed by atoms with Gasteiger partial charge in [-0.25, -0.2) is 0 Å². The van der Waals surface area contributed by atoms with E-state index in [4.69, 9.17) is 14.1 Å². The summed E-state index contributed by atoms with van der Waals surface area (Å²) in [5.74, 6) is 0. The molecule has 0 aromatic rings. The summed E-state index contributed by atoms with van der Waals surface area (Å²) in [6.45, 7) is 0. The minimum Gasteiger partial charge on any atom is -0.672 e. The molecule has 0 unspecified atom stereocenters. The summed E-state index contributed by atoms with van der Waals surface area (Å²) >= 11 is 0. The molecule has 0 aliphatic carbocycles. The summed E-state index contributed by atoms with van der Waals surface area (Å²) in [5, 5.41) is 0. The van der Waals surface area contributed by atoms with Gasteiger partial charge in [0.2, 0.25) is 0 Å². The van der Waals surface area contributed by atoms with Crippen LogP contribution in [0.5, 0.6) is 0 Å². The summed E-state index contributed by atoms with van der Waals surface area (Å²) < 4.78 is 8.52. The molecule has 5 heavy (non-hydrogen) atoms. The van der Waals surface area contributed by atoms with Crippen molar-refractivity contribution in [2.24, 2.45) is 0 Å². The topological polar surface area (TPSA) is 63.2 Å². The smallest absolute Gasteiger partial charge is 0.672 e. The van der Waals surface area contributed by atoms with Gasteiger partial charge in [0.1, 0.15) is 0 Å². The van der Waals surface area contributed by atoms with Gasteiger partial charge in [0, 0.05) is 9.17 Å². The van der Waals surface area contributed by atoms with Gasteiger partial charge in [-0.2, -0.15) is 0 Å². The van der Waals surface area contributed by atoms with Crippen molar-refractivity contribution in [3.8, 4) is 0 Å². The molecule has 0 aromatic heterocycles. The quantitative estimate of drug-likeness (QED) is 0.332. The molecule has 0 bridgehead atoms. The van der Waals surface area contributed by atoms with Crippen LogP contribution in [0.4, 0.5) is 0 Å². The first-order chi connectivity index (χ1) is 1.73. The van der Waals surface area contributed by atoms with Crippen molar-refractivity contribution >= 4 is 9.17 Å². The molecule has 0 fully saturated rings. The zero-order valence-electron chi connectivity index (χ0n) is 2.10. The van der Waals surface area contributed by atoms with Crippen LogP contribution in [0.1, 0.15) is 0 Å². The van der Waals surface area contributed by atoms with Crippen LogP contribution in [0.25, 0.3) is 0 Å². The van der Waals surface area contributed by atoms with E-state index in [-0.39, 0.29) is 17.1 Å². The van der Waals surface area contributed by atoms with Gasteiger partial charge in [-0.1, -0.05) is 0 Å². The van der Waals surface area contributed by atoms with Gasteiger partial charge in [-0.05, 0) is 0 Å². The Morgan fingerprint density at radius 2 is 1.40 bits per heavy atom. The van der Waals surface area contributed by atoms with Crippen LogP contribution >= 0.6 is 0 Å². The van der Waals surface area contributed by atoms with Crippen molar-refractivity contribution in [3.63, 3.8) is 0 Å². The van der Waals surface area contributed by atoms with Crippen LogP contribution in [0.2, 0.25) is 0 Å². The SMILES string of the molecule is O=[Si]([O-])[O-].[Mn+2]. The monoisotopic (exact) mass is 131 g/mol. The van der Waals surface area contributed by atoms with E-state index in [1.807, 2.05) is 0 Å². The molecule has 0 heterocycles. The molecule has 0 atom stereocenters. The van der Waals surface area contributed by atoms with E-state index in [1.54, 1.807) is 0 Å². The Balaban J connectivity index is 0. The number of hydrogen-bond donors (Lipinski definition) is 0. The Hall–Kier alpha value is 0.136. The minimum atomic E-state index is -3.63. The van der Waals surface area contributed by atoms with Gasteiger partial charge < -0.3 is 14.1 Å². The van der Waals surface area contributed by atoms with E-state index in [0.717, 1.165) is 0 Å². The zero-order valence-corrected chi connectivity index (χ0v) is 4.28. The molecule has 0 aliphatic heterocycles. The maximum Gasteiger partial charge on any atom is 2.00 e. The fourth-order valence-electron chi connectivity index (χ4n) is 0. The first kappa shape index (κ1) is 8.93. The van der Waals surface area contributed by atoms with E-state index in [1.165, 1.54) is 0 Å². The van der Waals surface area contributed by atoms with Gasteiger partial charge in [0.15, 0.2) is 0 Å². The molecular formula is MnO3Si. The normalized spacial score (nSPS) is 4.80. The van der Waals surface area contributed by atoms with E-state index < -0.39 is 9.17 Å². The van der Waals surface area contributed by atoms with E-state index in [0.29, 0.717) is 0 Å². The third-order valence-electron chi connectivity index (χ3n) is 0. The molecule has 29 valence electrons. The third kappa shape index (κ3) is 1020. The van der Waals surface area contributed by atoms with E-state index in [2.05, 4.69) is 0 Å². The Labute approximate surface area is 41.0 Å². The van der Waals surface area contributed by atoms with Crippen molar-refractivity contribution in [2.75, 3.05) is 0 Å². The second kappa shape index (κ2) is 4.14. The molecule has 0 saturated carbocycles. The Morgan fingerprint density at radius 3 is 1.40 bits per heavy atom. The summed E-state index contributed by atoms with van der Waals surface area (Å²) in [6, 6.07) is 0. The molecule has 0 saturated heterocycles. The van der Waals surface area contributed by atoms with Gasteiger partial charge in [-0.15, -0.1) is 0 Å². The van der Waals surface area contributed by atoms with Crippen molar-refractivity contribution in [2.45, 2.75) is 0 Å². The molecule has 5 heteroatoms. The van der Waals surface area contributed by atoms with Crippen molar-refractivity contribution < 1.29 is 31.1 Å². The molecule has 3 nitrogen and oxygen atoms in total. The Morgan fingerprint density at radius 1 is 1.40 bits per heavy atom. The number of rotatable bonds is 0. The number of hydrogen-bond acceptors (Lipinski definition) is 3. The molecule has 0 aliphatic rings. The standard InChI is InChI=1S/Mn.O3Si/c;1-4(2)3/q+2;-2. The van der Waals surface area contributed by atoms with Crippen LogP contribution in [0, 0.1) is 0 Å². The van der Waals surface area contributed by atoms with E-state index >= 15 is 0 Å². The van der Waals surface area contributed by atoms with Gasteiger partial charge in [0.05, 0.1) is 0 Å². The van der Waals surface area contributed by atoms with E-state index in [9.17, 15) is 0 Å². The van der Waals surface area contributed by atoms with Crippen molar-refractivity contribution in [1.82, 2.24) is 0 Å². The average Bonchev–Trinajstić information content (AvgIpc) is 0.811. The molecule has 0 spiro atoms. The molecule has 0 amide bonds.